The average Bonchev–Trinajstić information content (AvgIpc) is 2.38. The van der Waals surface area contributed by atoms with E-state index in [1.807, 2.05) is 41.5 Å². The number of ether oxygens (including phenoxy) is 1. The van der Waals surface area contributed by atoms with E-state index in [9.17, 15) is 8.42 Å². The highest BCUT2D eigenvalue weighted by Crippen LogP contribution is 2.27. The Kier molecular flexibility index (Phi) is 5.82. The molecule has 1 rings (SSSR count). The van der Waals surface area contributed by atoms with Gasteiger partial charge in [-0.1, -0.05) is 27.7 Å². The van der Waals surface area contributed by atoms with Crippen molar-refractivity contribution in [2.24, 2.45) is 11.8 Å². The lowest BCUT2D eigenvalue weighted by Crippen LogP contribution is -2.42. The van der Waals surface area contributed by atoms with Gasteiger partial charge in [-0.05, 0) is 48.9 Å². The second-order valence-corrected chi connectivity index (χ2v) is 7.83. The largest absolute Gasteiger partial charge is 0.496 e. The zero-order chi connectivity index (χ0) is 16.4. The summed E-state index contributed by atoms with van der Waals surface area (Å²) in [6, 6.07) is 3.23. The highest BCUT2D eigenvalue weighted by molar-refractivity contribution is 7.89. The molecule has 0 aromatic heterocycles. The van der Waals surface area contributed by atoms with Crippen molar-refractivity contribution in [1.29, 1.82) is 0 Å². The summed E-state index contributed by atoms with van der Waals surface area (Å²) in [5, 5.41) is 0. The van der Waals surface area contributed by atoms with E-state index in [-0.39, 0.29) is 17.9 Å². The molecule has 0 fully saturated rings. The highest BCUT2D eigenvalue weighted by atomic mass is 32.2. The molecule has 0 unspecified atom stereocenters. The second-order valence-electron chi connectivity index (χ2n) is 6.15. The van der Waals surface area contributed by atoms with Gasteiger partial charge in [0, 0.05) is 6.04 Å². The fourth-order valence-electron chi connectivity index (χ4n) is 2.57. The van der Waals surface area contributed by atoms with E-state index >= 15 is 0 Å². The number of rotatable bonds is 6. The minimum Gasteiger partial charge on any atom is -0.496 e. The van der Waals surface area contributed by atoms with Crippen LogP contribution < -0.4 is 9.46 Å². The van der Waals surface area contributed by atoms with Crippen molar-refractivity contribution in [1.82, 2.24) is 4.72 Å². The summed E-state index contributed by atoms with van der Waals surface area (Å²) in [7, 11) is -1.95. The molecule has 1 N–H and O–H groups in total. The summed E-state index contributed by atoms with van der Waals surface area (Å²) in [5.74, 6) is 1.18. The molecule has 0 saturated heterocycles. The SMILES string of the molecule is COc1ccc(S(=O)(=O)NC(C(C)C)C(C)C)c(C)c1C. The molecule has 0 spiro atoms. The molecule has 21 heavy (non-hydrogen) atoms. The molecule has 0 heterocycles. The Morgan fingerprint density at radius 1 is 1.00 bits per heavy atom. The summed E-state index contributed by atoms with van der Waals surface area (Å²) in [6.07, 6.45) is 0. The Bertz CT molecular complexity index is 584. The van der Waals surface area contributed by atoms with Gasteiger partial charge < -0.3 is 4.74 Å². The van der Waals surface area contributed by atoms with Gasteiger partial charge in [-0.2, -0.15) is 0 Å². The van der Waals surface area contributed by atoms with Crippen molar-refractivity contribution in [3.05, 3.63) is 23.3 Å². The Morgan fingerprint density at radius 3 is 1.95 bits per heavy atom. The van der Waals surface area contributed by atoms with Crippen molar-refractivity contribution in [3.8, 4) is 5.75 Å². The first-order valence-electron chi connectivity index (χ1n) is 7.28. The molecule has 0 aliphatic rings. The number of methoxy groups -OCH3 is 1. The number of benzene rings is 1. The molecule has 4 nitrogen and oxygen atoms in total. The lowest BCUT2D eigenvalue weighted by Gasteiger charge is -2.26. The number of hydrogen-bond donors (Lipinski definition) is 1. The molecule has 0 saturated carbocycles. The minimum absolute atomic E-state index is 0.0863. The molecule has 0 atom stereocenters. The summed E-state index contributed by atoms with van der Waals surface area (Å²) in [4.78, 5) is 0.326. The smallest absolute Gasteiger partial charge is 0.241 e. The average molecular weight is 313 g/mol. The van der Waals surface area contributed by atoms with Crippen LogP contribution in [0.15, 0.2) is 17.0 Å². The van der Waals surface area contributed by atoms with E-state index in [0.717, 1.165) is 11.1 Å². The minimum atomic E-state index is -3.53. The quantitative estimate of drug-likeness (QED) is 0.877. The maximum Gasteiger partial charge on any atom is 0.241 e. The van der Waals surface area contributed by atoms with Gasteiger partial charge >= 0.3 is 0 Å². The molecule has 0 aliphatic heterocycles. The first kappa shape index (κ1) is 18.0. The standard InChI is InChI=1S/C16H27NO3S/c1-10(2)16(11(3)4)17-21(18,19)15-9-8-14(20-7)12(5)13(15)6/h8-11,16-17H,1-7H3. The predicted molar refractivity (Wildman–Crippen MR) is 86.3 cm³/mol. The molecular weight excluding hydrogens is 286 g/mol. The zero-order valence-electron chi connectivity index (χ0n) is 14.0. The van der Waals surface area contributed by atoms with Gasteiger partial charge in [0.15, 0.2) is 0 Å². The van der Waals surface area contributed by atoms with Crippen LogP contribution in [0.2, 0.25) is 0 Å². The molecule has 0 bridgehead atoms. The van der Waals surface area contributed by atoms with Crippen LogP contribution in [0.3, 0.4) is 0 Å². The number of nitrogens with one attached hydrogen (secondary N) is 1. The van der Waals surface area contributed by atoms with Crippen LogP contribution in [0, 0.1) is 25.7 Å². The molecule has 1 aromatic rings. The number of sulfonamides is 1. The molecule has 0 aliphatic carbocycles. The maximum atomic E-state index is 12.7. The monoisotopic (exact) mass is 313 g/mol. The van der Waals surface area contributed by atoms with Crippen molar-refractivity contribution in [3.63, 3.8) is 0 Å². The fraction of sp³-hybridized carbons (Fsp3) is 0.625. The van der Waals surface area contributed by atoms with Crippen LogP contribution in [0.5, 0.6) is 5.75 Å². The van der Waals surface area contributed by atoms with Crippen LogP contribution in [0.4, 0.5) is 0 Å². The lowest BCUT2D eigenvalue weighted by atomic mass is 9.94. The molecule has 0 radical (unpaired) electrons. The Balaban J connectivity index is 3.23. The summed E-state index contributed by atoms with van der Waals surface area (Å²) < 4.78 is 33.4. The predicted octanol–water partition coefficient (Wildman–Crippen LogP) is 3.27. The molecular formula is C16H27NO3S. The molecule has 0 amide bonds. The van der Waals surface area contributed by atoms with Crippen molar-refractivity contribution in [2.75, 3.05) is 7.11 Å². The summed E-state index contributed by atoms with van der Waals surface area (Å²) in [5.41, 5.74) is 1.58. The van der Waals surface area contributed by atoms with E-state index in [4.69, 9.17) is 4.74 Å². The normalized spacial score (nSPS) is 12.5. The third kappa shape index (κ3) is 3.98. The Hall–Kier alpha value is -1.07. The van der Waals surface area contributed by atoms with E-state index in [1.54, 1.807) is 19.2 Å². The second kappa shape index (κ2) is 6.79. The van der Waals surface area contributed by atoms with E-state index < -0.39 is 10.0 Å². The molecule has 1 aromatic carbocycles. The van der Waals surface area contributed by atoms with Gasteiger partial charge in [-0.15, -0.1) is 0 Å². The van der Waals surface area contributed by atoms with Crippen LogP contribution in [-0.4, -0.2) is 21.6 Å². The van der Waals surface area contributed by atoms with Crippen LogP contribution in [0.25, 0.3) is 0 Å². The van der Waals surface area contributed by atoms with Gasteiger partial charge in [0.2, 0.25) is 10.0 Å². The summed E-state index contributed by atoms with van der Waals surface area (Å²) >= 11 is 0. The zero-order valence-corrected chi connectivity index (χ0v) is 14.8. The third-order valence-electron chi connectivity index (χ3n) is 3.92. The van der Waals surface area contributed by atoms with Gasteiger partial charge in [0.1, 0.15) is 5.75 Å². The Labute approximate surface area is 129 Å². The van der Waals surface area contributed by atoms with Crippen molar-refractivity contribution in [2.45, 2.75) is 52.5 Å². The van der Waals surface area contributed by atoms with Gasteiger partial charge in [-0.25, -0.2) is 13.1 Å². The molecule has 120 valence electrons. The fourth-order valence-corrected chi connectivity index (χ4v) is 4.40. The van der Waals surface area contributed by atoms with E-state index in [1.165, 1.54) is 0 Å². The van der Waals surface area contributed by atoms with E-state index in [0.29, 0.717) is 10.6 Å². The van der Waals surface area contributed by atoms with Crippen molar-refractivity contribution < 1.29 is 13.2 Å². The highest BCUT2D eigenvalue weighted by Gasteiger charge is 2.26. The van der Waals surface area contributed by atoms with Gasteiger partial charge in [-0.3, -0.25) is 0 Å². The summed E-state index contributed by atoms with van der Waals surface area (Å²) in [6.45, 7) is 11.8. The van der Waals surface area contributed by atoms with Gasteiger partial charge in [0.05, 0.1) is 12.0 Å². The third-order valence-corrected chi connectivity index (χ3v) is 5.53. The van der Waals surface area contributed by atoms with Crippen LogP contribution in [-0.2, 0) is 10.0 Å². The van der Waals surface area contributed by atoms with E-state index in [2.05, 4.69) is 4.72 Å². The van der Waals surface area contributed by atoms with Crippen LogP contribution >= 0.6 is 0 Å². The first-order chi connectivity index (χ1) is 9.61. The van der Waals surface area contributed by atoms with Crippen LogP contribution in [0.1, 0.15) is 38.8 Å². The number of hydrogen-bond acceptors (Lipinski definition) is 3. The van der Waals surface area contributed by atoms with Crippen molar-refractivity contribution >= 4 is 10.0 Å². The first-order valence-corrected chi connectivity index (χ1v) is 8.76. The van der Waals surface area contributed by atoms with Gasteiger partial charge in [0.25, 0.3) is 0 Å². The topological polar surface area (TPSA) is 55.4 Å². The maximum absolute atomic E-state index is 12.7. The lowest BCUT2D eigenvalue weighted by molar-refractivity contribution is 0.355. The molecule has 5 heteroatoms. The Morgan fingerprint density at radius 2 is 1.52 bits per heavy atom.